The zero-order chi connectivity index (χ0) is 12.1. The second kappa shape index (κ2) is 6.52. The molecule has 92 valence electrons. The quantitative estimate of drug-likeness (QED) is 0.701. The van der Waals surface area contributed by atoms with Gasteiger partial charge in [-0.05, 0) is 30.1 Å². The Bertz CT molecular complexity index is 157. The summed E-state index contributed by atoms with van der Waals surface area (Å²) < 4.78 is 0. The molecular weight excluding hydrogens is 184 g/mol. The molecule has 0 aliphatic heterocycles. The first kappa shape index (κ1) is 15.0. The summed E-state index contributed by atoms with van der Waals surface area (Å²) in [5.41, 5.74) is 0.314. The summed E-state index contributed by atoms with van der Waals surface area (Å²) in [7, 11) is 0. The summed E-state index contributed by atoms with van der Waals surface area (Å²) >= 11 is 0. The largest absolute Gasteiger partial charge is 0.393 e. The normalized spacial score (nSPS) is 18.6. The highest BCUT2D eigenvalue weighted by Gasteiger charge is 2.23. The summed E-state index contributed by atoms with van der Waals surface area (Å²) in [6.45, 7) is 13.4. The van der Waals surface area contributed by atoms with E-state index in [4.69, 9.17) is 0 Å². The molecule has 0 aliphatic carbocycles. The van der Waals surface area contributed by atoms with E-state index in [1.807, 2.05) is 0 Å². The van der Waals surface area contributed by atoms with Crippen molar-refractivity contribution in [1.29, 1.82) is 0 Å². The van der Waals surface area contributed by atoms with Crippen LogP contribution < -0.4 is 0 Å². The summed E-state index contributed by atoms with van der Waals surface area (Å²) in [5, 5.41) is 9.98. The molecule has 0 radical (unpaired) electrons. The minimum absolute atomic E-state index is 0.110. The molecule has 1 heteroatoms. The molecule has 0 aromatic rings. The molecule has 0 saturated heterocycles. The molecule has 3 unspecified atom stereocenters. The van der Waals surface area contributed by atoms with E-state index in [2.05, 4.69) is 41.5 Å². The molecule has 0 amide bonds. The van der Waals surface area contributed by atoms with E-state index in [0.29, 0.717) is 17.3 Å². The Labute approximate surface area is 96.3 Å². The van der Waals surface area contributed by atoms with Crippen LogP contribution in [0, 0.1) is 17.3 Å². The van der Waals surface area contributed by atoms with E-state index in [1.165, 1.54) is 12.8 Å². The van der Waals surface area contributed by atoms with Gasteiger partial charge in [0, 0.05) is 0 Å². The van der Waals surface area contributed by atoms with Crippen LogP contribution in [0.2, 0.25) is 0 Å². The molecule has 0 rings (SSSR count). The third-order valence-corrected chi connectivity index (χ3v) is 3.56. The van der Waals surface area contributed by atoms with Gasteiger partial charge in [0.1, 0.15) is 0 Å². The Balaban J connectivity index is 3.88. The number of aliphatic hydroxyl groups is 1. The second-order valence-electron chi connectivity index (χ2n) is 6.29. The maximum absolute atomic E-state index is 9.98. The van der Waals surface area contributed by atoms with E-state index in [1.54, 1.807) is 0 Å². The molecule has 1 N–H and O–H groups in total. The van der Waals surface area contributed by atoms with Crippen LogP contribution in [0.25, 0.3) is 0 Å². The van der Waals surface area contributed by atoms with Crippen LogP contribution >= 0.6 is 0 Å². The lowest BCUT2D eigenvalue weighted by molar-refractivity contribution is 0.0895. The molecule has 0 aromatic heterocycles. The third-order valence-electron chi connectivity index (χ3n) is 3.56. The summed E-state index contributed by atoms with van der Waals surface area (Å²) in [5.74, 6) is 1.25. The Morgan fingerprint density at radius 2 is 1.60 bits per heavy atom. The van der Waals surface area contributed by atoms with Gasteiger partial charge in [0.15, 0.2) is 0 Å². The molecule has 0 spiro atoms. The van der Waals surface area contributed by atoms with Gasteiger partial charge in [0.25, 0.3) is 0 Å². The van der Waals surface area contributed by atoms with Crippen LogP contribution in [0.15, 0.2) is 0 Å². The van der Waals surface area contributed by atoms with Crippen LogP contribution in [0.3, 0.4) is 0 Å². The van der Waals surface area contributed by atoms with Gasteiger partial charge in [-0.3, -0.25) is 0 Å². The van der Waals surface area contributed by atoms with E-state index in [9.17, 15) is 5.11 Å². The first-order valence-corrected chi connectivity index (χ1v) is 6.45. The van der Waals surface area contributed by atoms with E-state index in [0.717, 1.165) is 12.8 Å². The average molecular weight is 214 g/mol. The molecule has 0 fully saturated rings. The Morgan fingerprint density at radius 1 is 1.07 bits per heavy atom. The summed E-state index contributed by atoms with van der Waals surface area (Å²) in [6.07, 6.45) is 4.26. The third kappa shape index (κ3) is 6.94. The van der Waals surface area contributed by atoms with Gasteiger partial charge < -0.3 is 5.11 Å². The Hall–Kier alpha value is -0.0400. The van der Waals surface area contributed by atoms with Crippen LogP contribution in [-0.4, -0.2) is 11.2 Å². The van der Waals surface area contributed by atoms with Gasteiger partial charge in [-0.2, -0.15) is 0 Å². The lowest BCUT2D eigenvalue weighted by Crippen LogP contribution is -2.24. The Kier molecular flexibility index (Phi) is 6.51. The van der Waals surface area contributed by atoms with Gasteiger partial charge >= 0.3 is 0 Å². The summed E-state index contributed by atoms with van der Waals surface area (Å²) in [4.78, 5) is 0. The SMILES string of the molecule is CCCC(C)CC(O)CC(C)C(C)(C)C. The predicted molar refractivity (Wildman–Crippen MR) is 67.9 cm³/mol. The van der Waals surface area contributed by atoms with Crippen LogP contribution in [0.4, 0.5) is 0 Å². The fourth-order valence-electron chi connectivity index (χ4n) is 1.93. The zero-order valence-corrected chi connectivity index (χ0v) is 11.5. The van der Waals surface area contributed by atoms with E-state index >= 15 is 0 Å². The number of hydrogen-bond donors (Lipinski definition) is 1. The van der Waals surface area contributed by atoms with E-state index < -0.39 is 0 Å². The van der Waals surface area contributed by atoms with Crippen molar-refractivity contribution in [1.82, 2.24) is 0 Å². The van der Waals surface area contributed by atoms with Crippen molar-refractivity contribution in [2.45, 2.75) is 73.3 Å². The van der Waals surface area contributed by atoms with Gasteiger partial charge in [-0.25, -0.2) is 0 Å². The van der Waals surface area contributed by atoms with Crippen molar-refractivity contribution < 1.29 is 5.11 Å². The van der Waals surface area contributed by atoms with Crippen LogP contribution in [0.5, 0.6) is 0 Å². The van der Waals surface area contributed by atoms with Crippen molar-refractivity contribution in [2.24, 2.45) is 17.3 Å². The lowest BCUT2D eigenvalue weighted by Gasteiger charge is -2.29. The maximum atomic E-state index is 9.98. The topological polar surface area (TPSA) is 20.2 Å². The molecule has 15 heavy (non-hydrogen) atoms. The minimum atomic E-state index is -0.110. The molecule has 0 heterocycles. The Morgan fingerprint density at radius 3 is 2.00 bits per heavy atom. The van der Waals surface area contributed by atoms with Crippen molar-refractivity contribution in [3.05, 3.63) is 0 Å². The molecule has 0 aromatic carbocycles. The van der Waals surface area contributed by atoms with Gasteiger partial charge in [0.2, 0.25) is 0 Å². The molecule has 3 atom stereocenters. The van der Waals surface area contributed by atoms with Crippen molar-refractivity contribution in [3.8, 4) is 0 Å². The number of hydrogen-bond acceptors (Lipinski definition) is 1. The van der Waals surface area contributed by atoms with Gasteiger partial charge in [0.05, 0.1) is 6.10 Å². The van der Waals surface area contributed by atoms with Crippen molar-refractivity contribution in [3.63, 3.8) is 0 Å². The standard InChI is InChI=1S/C14H30O/c1-7-8-11(2)9-13(15)10-12(3)14(4,5)6/h11-13,15H,7-10H2,1-6H3. The molecule has 0 saturated carbocycles. The second-order valence-corrected chi connectivity index (χ2v) is 6.29. The smallest absolute Gasteiger partial charge is 0.0545 e. The fraction of sp³-hybridized carbons (Fsp3) is 1.00. The highest BCUT2D eigenvalue weighted by atomic mass is 16.3. The fourth-order valence-corrected chi connectivity index (χ4v) is 1.93. The first-order valence-electron chi connectivity index (χ1n) is 6.45. The number of rotatable bonds is 6. The van der Waals surface area contributed by atoms with Crippen LogP contribution in [0.1, 0.15) is 67.2 Å². The highest BCUT2D eigenvalue weighted by Crippen LogP contribution is 2.30. The van der Waals surface area contributed by atoms with Crippen molar-refractivity contribution >= 4 is 0 Å². The zero-order valence-electron chi connectivity index (χ0n) is 11.5. The van der Waals surface area contributed by atoms with Gasteiger partial charge in [-0.15, -0.1) is 0 Å². The predicted octanol–water partition coefficient (Wildman–Crippen LogP) is 4.25. The lowest BCUT2D eigenvalue weighted by atomic mass is 9.78. The van der Waals surface area contributed by atoms with Gasteiger partial charge in [-0.1, -0.05) is 54.4 Å². The van der Waals surface area contributed by atoms with Crippen molar-refractivity contribution in [2.75, 3.05) is 0 Å². The molecular formula is C14H30O. The first-order chi connectivity index (χ1) is 6.77. The highest BCUT2D eigenvalue weighted by molar-refractivity contribution is 4.74. The summed E-state index contributed by atoms with van der Waals surface area (Å²) in [6, 6.07) is 0. The molecule has 1 nitrogen and oxygen atoms in total. The number of aliphatic hydroxyl groups excluding tert-OH is 1. The molecule has 0 aliphatic rings. The minimum Gasteiger partial charge on any atom is -0.393 e. The van der Waals surface area contributed by atoms with Crippen LogP contribution in [-0.2, 0) is 0 Å². The maximum Gasteiger partial charge on any atom is 0.0545 e. The molecule has 0 bridgehead atoms. The monoisotopic (exact) mass is 214 g/mol. The van der Waals surface area contributed by atoms with E-state index in [-0.39, 0.29) is 6.10 Å². The average Bonchev–Trinajstić information content (AvgIpc) is 2.01.